The molecule has 0 unspecified atom stereocenters. The van der Waals surface area contributed by atoms with E-state index < -0.39 is 10.0 Å². The van der Waals surface area contributed by atoms with Gasteiger partial charge in [0.2, 0.25) is 10.0 Å². The second-order valence-electron chi connectivity index (χ2n) is 6.14. The highest BCUT2D eigenvalue weighted by Gasteiger charge is 2.13. The fourth-order valence-electron chi connectivity index (χ4n) is 2.52. The van der Waals surface area contributed by atoms with E-state index in [2.05, 4.69) is 9.68 Å². The lowest BCUT2D eigenvalue weighted by molar-refractivity contribution is 0.607. The third-order valence-corrected chi connectivity index (χ3v) is 4.39. The van der Waals surface area contributed by atoms with E-state index >= 15 is 0 Å². The van der Waals surface area contributed by atoms with Crippen LogP contribution in [0.1, 0.15) is 25.8 Å². The van der Waals surface area contributed by atoms with Crippen LogP contribution in [-0.2, 0) is 16.6 Å². The first-order valence-corrected chi connectivity index (χ1v) is 10.3. The van der Waals surface area contributed by atoms with Crippen LogP contribution in [0.4, 0.5) is 11.4 Å². The van der Waals surface area contributed by atoms with Crippen molar-refractivity contribution in [3.63, 3.8) is 0 Å². The van der Waals surface area contributed by atoms with Gasteiger partial charge < -0.3 is 4.57 Å². The summed E-state index contributed by atoms with van der Waals surface area (Å²) in [6.45, 7) is 10.0. The van der Waals surface area contributed by atoms with Crippen LogP contribution in [0.2, 0.25) is 0 Å². The van der Waals surface area contributed by atoms with E-state index in [-0.39, 0.29) is 5.56 Å². The lowest BCUT2D eigenvalue weighted by Gasteiger charge is -2.09. The summed E-state index contributed by atoms with van der Waals surface area (Å²) in [7, 11) is -3.31. The second-order valence-corrected chi connectivity index (χ2v) is 7.89. The Hall–Kier alpha value is -3.05. The normalized spacial score (nSPS) is 11.7. The molecule has 0 fully saturated rings. The molecule has 0 aliphatic rings. The van der Waals surface area contributed by atoms with Crippen molar-refractivity contribution in [2.24, 2.45) is 0 Å². The van der Waals surface area contributed by atoms with E-state index in [4.69, 9.17) is 6.57 Å². The highest BCUT2D eigenvalue weighted by Crippen LogP contribution is 2.21. The monoisotopic (exact) mass is 387 g/mol. The fraction of sp³-hybridized carbons (Fsp3) is 0.263. The number of aromatic nitrogens is 1. The average Bonchev–Trinajstić information content (AvgIpc) is 2.61. The van der Waals surface area contributed by atoms with Crippen LogP contribution in [0.3, 0.4) is 0 Å². The van der Waals surface area contributed by atoms with E-state index in [9.17, 15) is 13.2 Å². The number of aryl methyl sites for hydroxylation is 1. The van der Waals surface area contributed by atoms with Crippen molar-refractivity contribution in [2.45, 2.75) is 26.8 Å². The van der Waals surface area contributed by atoms with E-state index in [1.54, 1.807) is 47.3 Å². The predicted octanol–water partition coefficient (Wildman–Crippen LogP) is 3.37. The number of sulfonamides is 1. The number of rotatable bonds is 7. The number of pyridine rings is 1. The maximum absolute atomic E-state index is 11.9. The summed E-state index contributed by atoms with van der Waals surface area (Å²) < 4.78 is 26.6. The smallest absolute Gasteiger partial charge is 0.305 e. The number of benzene rings is 1. The molecule has 0 saturated carbocycles. The van der Waals surface area contributed by atoms with E-state index in [0.717, 1.165) is 23.8 Å². The van der Waals surface area contributed by atoms with E-state index in [1.807, 2.05) is 13.8 Å². The molecule has 142 valence electrons. The van der Waals surface area contributed by atoms with Gasteiger partial charge in [0.15, 0.2) is 0 Å². The van der Waals surface area contributed by atoms with Gasteiger partial charge >= 0.3 is 6.57 Å². The molecule has 2 rings (SSSR count). The predicted molar refractivity (Wildman–Crippen MR) is 110 cm³/mol. The van der Waals surface area contributed by atoms with Gasteiger partial charge in [0.1, 0.15) is 5.69 Å². The van der Waals surface area contributed by atoms with Gasteiger partial charge in [-0.3, -0.25) is 9.52 Å². The first-order chi connectivity index (χ1) is 12.7. The summed E-state index contributed by atoms with van der Waals surface area (Å²) in [6, 6.07) is 10.1. The van der Waals surface area contributed by atoms with Gasteiger partial charge in [0.25, 0.3) is 5.56 Å². The first-order valence-electron chi connectivity index (χ1n) is 8.40. The lowest BCUT2D eigenvalue weighted by Crippen LogP contribution is -2.20. The van der Waals surface area contributed by atoms with Gasteiger partial charge in [0.05, 0.1) is 17.4 Å². The van der Waals surface area contributed by atoms with Crippen molar-refractivity contribution in [3.8, 4) is 6.57 Å². The zero-order chi connectivity index (χ0) is 20.0. The third kappa shape index (κ3) is 5.72. The first kappa shape index (κ1) is 20.3. The number of allylic oxidation sites excluding steroid dienone is 1. The Morgan fingerprint density at radius 2 is 1.93 bits per heavy atom. The molecule has 1 heterocycles. The van der Waals surface area contributed by atoms with Crippen molar-refractivity contribution in [2.75, 3.05) is 16.0 Å². The summed E-state index contributed by atoms with van der Waals surface area (Å²) >= 11 is 0. The Morgan fingerprint density at radius 1 is 1.26 bits per heavy atom. The topological polar surface area (TPSA) is 75.8 Å². The molecule has 0 bridgehead atoms. The summed E-state index contributed by atoms with van der Waals surface area (Å²) in [5, 5.41) is 1.49. The molecule has 1 N–H and O–H groups in total. The highest BCUT2D eigenvalue weighted by molar-refractivity contribution is 7.92. The Morgan fingerprint density at radius 3 is 2.48 bits per heavy atom. The fourth-order valence-corrected chi connectivity index (χ4v) is 3.08. The zero-order valence-corrected chi connectivity index (χ0v) is 16.4. The number of nitrogens with zero attached hydrogens (tertiary/aromatic N) is 3. The van der Waals surface area contributed by atoms with E-state index in [0.29, 0.717) is 17.9 Å². The van der Waals surface area contributed by atoms with Crippen LogP contribution in [-0.4, -0.2) is 19.2 Å². The van der Waals surface area contributed by atoms with Gasteiger partial charge in [-0.15, -0.1) is 0 Å². The van der Waals surface area contributed by atoms with Crippen molar-refractivity contribution < 1.29 is 8.42 Å². The summed E-state index contributed by atoms with van der Waals surface area (Å²) in [5.74, 6) is 0. The van der Waals surface area contributed by atoms with Crippen LogP contribution < -0.4 is 15.3 Å². The molecule has 0 spiro atoms. The minimum Gasteiger partial charge on any atom is -0.313 e. The van der Waals surface area contributed by atoms with Crippen LogP contribution >= 0.6 is 0 Å². The van der Waals surface area contributed by atoms with Crippen LogP contribution in [0, 0.1) is 6.57 Å². The molecule has 8 heteroatoms. The third-order valence-electron chi connectivity index (χ3n) is 3.78. The van der Waals surface area contributed by atoms with Crippen molar-refractivity contribution >= 4 is 27.0 Å². The van der Waals surface area contributed by atoms with Crippen LogP contribution in [0.5, 0.6) is 0 Å². The summed E-state index contributed by atoms with van der Waals surface area (Å²) in [6.07, 6.45) is 5.40. The van der Waals surface area contributed by atoms with Gasteiger partial charge in [-0.2, -0.15) is 0 Å². The molecular weight excluding hydrogens is 364 g/mol. The molecule has 0 aliphatic carbocycles. The molecule has 0 aliphatic heterocycles. The minimum atomic E-state index is -3.31. The van der Waals surface area contributed by atoms with Crippen LogP contribution in [0.15, 0.2) is 53.6 Å². The molecule has 7 nitrogen and oxygen atoms in total. The maximum Gasteiger partial charge on any atom is 0.305 e. The molecule has 1 aromatic carbocycles. The largest absolute Gasteiger partial charge is 0.313 e. The highest BCUT2D eigenvalue weighted by atomic mass is 32.2. The second kappa shape index (κ2) is 8.56. The maximum atomic E-state index is 11.9. The van der Waals surface area contributed by atoms with Gasteiger partial charge in [-0.1, -0.05) is 19.1 Å². The van der Waals surface area contributed by atoms with E-state index in [1.165, 1.54) is 11.1 Å². The molecule has 0 radical (unpaired) electrons. The van der Waals surface area contributed by atoms with Crippen molar-refractivity contribution in [3.05, 3.63) is 69.7 Å². The Kier molecular flexibility index (Phi) is 6.42. The Bertz CT molecular complexity index is 1030. The molecule has 1 aromatic heterocycles. The quantitative estimate of drug-likeness (QED) is 0.739. The van der Waals surface area contributed by atoms with Crippen LogP contribution in [0.25, 0.3) is 10.5 Å². The molecular formula is C19H23N4O3S+. The minimum absolute atomic E-state index is 0.0766. The molecule has 0 saturated heterocycles. The number of hydrogen-bond acceptors (Lipinski definition) is 4. The SMILES string of the molecule is C#[N+]N(/C=C(\C)c1ccc(NS(C)(=O)=O)cc1)c1ccc(=O)n(CCC)c1. The molecule has 0 amide bonds. The summed E-state index contributed by atoms with van der Waals surface area (Å²) in [4.78, 5) is 15.6. The zero-order valence-electron chi connectivity index (χ0n) is 15.6. The lowest BCUT2D eigenvalue weighted by atomic mass is 10.1. The van der Waals surface area contributed by atoms with Gasteiger partial charge in [0, 0.05) is 24.5 Å². The standard InChI is InChI=1S/C19H23N4O3S/c1-5-12-22-14-18(10-11-19(22)24)23(20-3)13-15(2)16-6-8-17(9-7-16)21-27(4,25)26/h3,6-11,13-14,21H,5,12H2,1-2,4H3/q+1/b15-13+. The number of hydrogen-bond donors (Lipinski definition) is 1. The molecule has 27 heavy (non-hydrogen) atoms. The number of anilines is 2. The summed E-state index contributed by atoms with van der Waals surface area (Å²) in [5.41, 5.74) is 2.82. The average molecular weight is 387 g/mol. The Balaban J connectivity index is 2.28. The molecule has 0 atom stereocenters. The van der Waals surface area contributed by atoms with Gasteiger partial charge in [-0.05, 0) is 47.7 Å². The van der Waals surface area contributed by atoms with Crippen molar-refractivity contribution in [1.29, 1.82) is 0 Å². The molecule has 2 aromatic rings. The Labute approximate surface area is 159 Å². The van der Waals surface area contributed by atoms with Crippen molar-refractivity contribution in [1.82, 2.24) is 4.57 Å². The van der Waals surface area contributed by atoms with Gasteiger partial charge in [-0.25, -0.2) is 8.42 Å². The number of nitrogens with one attached hydrogen (secondary N) is 1.